The van der Waals surface area contributed by atoms with Crippen LogP contribution in [0.5, 0.6) is 0 Å². The average Bonchev–Trinajstić information content (AvgIpc) is 2.59. The van der Waals surface area contributed by atoms with E-state index in [0.717, 1.165) is 17.7 Å². The molecule has 0 N–H and O–H groups in total. The zero-order valence-corrected chi connectivity index (χ0v) is 9.62. The molecule has 0 bridgehead atoms. The third-order valence-corrected chi connectivity index (χ3v) is 2.83. The summed E-state index contributed by atoms with van der Waals surface area (Å²) in [5.74, 6) is 0. The lowest BCUT2D eigenvalue weighted by Gasteiger charge is -1.98. The van der Waals surface area contributed by atoms with Crippen LogP contribution in [0.2, 0.25) is 5.15 Å². The highest BCUT2D eigenvalue weighted by molar-refractivity contribution is 6.29. The van der Waals surface area contributed by atoms with Gasteiger partial charge in [0, 0.05) is 18.7 Å². The molecule has 0 aliphatic heterocycles. The molecule has 0 aliphatic carbocycles. The number of nitrogens with zero attached hydrogens (tertiary/aromatic N) is 2. The van der Waals surface area contributed by atoms with Gasteiger partial charge in [-0.25, -0.2) is 0 Å². The van der Waals surface area contributed by atoms with Crippen LogP contribution in [-0.4, -0.2) is 9.78 Å². The van der Waals surface area contributed by atoms with Gasteiger partial charge in [-0.2, -0.15) is 5.10 Å². The number of benzene rings is 1. The molecule has 0 unspecified atom stereocenters. The third kappa shape index (κ3) is 2.05. The molecule has 0 saturated heterocycles. The van der Waals surface area contributed by atoms with E-state index in [4.69, 9.17) is 11.6 Å². The zero-order chi connectivity index (χ0) is 10.8. The zero-order valence-electron chi connectivity index (χ0n) is 8.87. The van der Waals surface area contributed by atoms with Gasteiger partial charge in [0.25, 0.3) is 0 Å². The van der Waals surface area contributed by atoms with Crippen molar-refractivity contribution in [3.63, 3.8) is 0 Å². The molecule has 0 fully saturated rings. The molecule has 0 atom stereocenters. The average molecular weight is 221 g/mol. The van der Waals surface area contributed by atoms with Crippen LogP contribution in [0, 0.1) is 0 Å². The maximum absolute atomic E-state index is 5.94. The predicted octanol–water partition coefficient (Wildman–Crippen LogP) is 3.30. The van der Waals surface area contributed by atoms with Crippen LogP contribution >= 0.6 is 11.6 Å². The molecule has 2 nitrogen and oxygen atoms in total. The lowest BCUT2D eigenvalue weighted by molar-refractivity contribution is 0.772. The molecule has 1 aromatic heterocycles. The number of aromatic nitrogens is 2. The molecule has 0 saturated carbocycles. The van der Waals surface area contributed by atoms with Gasteiger partial charge in [-0.1, -0.05) is 42.8 Å². The van der Waals surface area contributed by atoms with Crippen molar-refractivity contribution in [3.8, 4) is 11.3 Å². The maximum atomic E-state index is 5.94. The second kappa shape index (κ2) is 4.07. The fraction of sp³-hybridized carbons (Fsp3) is 0.250. The largest absolute Gasteiger partial charge is 0.256 e. The number of halogens is 1. The summed E-state index contributed by atoms with van der Waals surface area (Å²) in [6, 6.07) is 10.3. The van der Waals surface area contributed by atoms with Crippen LogP contribution in [0.15, 0.2) is 30.3 Å². The van der Waals surface area contributed by atoms with Gasteiger partial charge in [0.05, 0.1) is 5.69 Å². The summed E-state index contributed by atoms with van der Waals surface area (Å²) in [5, 5.41) is 4.98. The maximum Gasteiger partial charge on any atom is 0.127 e. The summed E-state index contributed by atoms with van der Waals surface area (Å²) in [6.07, 6.45) is 1.06. The molecule has 3 heteroatoms. The Morgan fingerprint density at radius 3 is 2.40 bits per heavy atom. The van der Waals surface area contributed by atoms with Gasteiger partial charge in [0.2, 0.25) is 0 Å². The molecule has 2 rings (SSSR count). The first kappa shape index (κ1) is 10.2. The monoisotopic (exact) mass is 220 g/mol. The topological polar surface area (TPSA) is 17.8 Å². The van der Waals surface area contributed by atoms with E-state index in [-0.39, 0.29) is 0 Å². The van der Waals surface area contributed by atoms with E-state index in [9.17, 15) is 0 Å². The van der Waals surface area contributed by atoms with E-state index < -0.39 is 0 Å². The second-order valence-electron chi connectivity index (χ2n) is 3.53. The van der Waals surface area contributed by atoms with Crippen molar-refractivity contribution in [1.29, 1.82) is 0 Å². The minimum absolute atomic E-state index is 0.657. The van der Waals surface area contributed by atoms with Gasteiger partial charge in [-0.15, -0.1) is 0 Å². The minimum atomic E-state index is 0.657. The highest BCUT2D eigenvalue weighted by Crippen LogP contribution is 2.21. The van der Waals surface area contributed by atoms with E-state index in [2.05, 4.69) is 36.3 Å². The van der Waals surface area contributed by atoms with E-state index in [1.807, 2.05) is 13.1 Å². The molecule has 1 aromatic carbocycles. The molecule has 1 heterocycles. The van der Waals surface area contributed by atoms with E-state index in [0.29, 0.717) is 5.15 Å². The Labute approximate surface area is 94.5 Å². The molecule has 2 aromatic rings. The number of hydrogen-bond donors (Lipinski definition) is 0. The Balaban J connectivity index is 2.37. The first-order chi connectivity index (χ1) is 7.20. The van der Waals surface area contributed by atoms with Crippen LogP contribution in [0.1, 0.15) is 12.5 Å². The molecule has 15 heavy (non-hydrogen) atoms. The van der Waals surface area contributed by atoms with Gasteiger partial charge in [-0.3, -0.25) is 4.68 Å². The summed E-state index contributed by atoms with van der Waals surface area (Å²) >= 11 is 5.94. The molecule has 0 amide bonds. The summed E-state index contributed by atoms with van der Waals surface area (Å²) in [5.41, 5.74) is 3.36. The quantitative estimate of drug-likeness (QED) is 0.760. The molecule has 0 spiro atoms. The van der Waals surface area contributed by atoms with Gasteiger partial charge in [0.1, 0.15) is 5.15 Å². The van der Waals surface area contributed by atoms with Crippen LogP contribution in [0.4, 0.5) is 0 Å². The van der Waals surface area contributed by atoms with Crippen molar-refractivity contribution >= 4 is 11.6 Å². The Morgan fingerprint density at radius 2 is 1.93 bits per heavy atom. The fourth-order valence-electron chi connectivity index (χ4n) is 1.50. The Morgan fingerprint density at radius 1 is 1.27 bits per heavy atom. The standard InChI is InChI=1S/C12H13ClN2/c1-3-9-4-6-10(7-5-9)11-8-12(13)15(2)14-11/h4-8H,3H2,1-2H3. The summed E-state index contributed by atoms with van der Waals surface area (Å²) < 4.78 is 1.67. The van der Waals surface area contributed by atoms with E-state index in [1.54, 1.807) is 4.68 Å². The highest BCUT2D eigenvalue weighted by Gasteiger charge is 2.04. The fourth-order valence-corrected chi connectivity index (χ4v) is 1.64. The first-order valence-electron chi connectivity index (χ1n) is 4.99. The minimum Gasteiger partial charge on any atom is -0.256 e. The smallest absolute Gasteiger partial charge is 0.127 e. The Kier molecular flexibility index (Phi) is 2.78. The highest BCUT2D eigenvalue weighted by atomic mass is 35.5. The van der Waals surface area contributed by atoms with Crippen molar-refractivity contribution < 1.29 is 0 Å². The number of hydrogen-bond acceptors (Lipinski definition) is 1. The van der Waals surface area contributed by atoms with E-state index in [1.165, 1.54) is 5.56 Å². The van der Waals surface area contributed by atoms with Crippen LogP contribution < -0.4 is 0 Å². The van der Waals surface area contributed by atoms with Crippen LogP contribution in [-0.2, 0) is 13.5 Å². The lowest BCUT2D eigenvalue weighted by atomic mass is 10.1. The SMILES string of the molecule is CCc1ccc(-c2cc(Cl)n(C)n2)cc1. The Hall–Kier alpha value is -1.28. The van der Waals surface area contributed by atoms with Gasteiger partial charge in [0.15, 0.2) is 0 Å². The molecule has 0 aliphatic rings. The summed E-state index contributed by atoms with van der Waals surface area (Å²) in [7, 11) is 1.84. The number of aryl methyl sites for hydroxylation is 2. The summed E-state index contributed by atoms with van der Waals surface area (Å²) in [4.78, 5) is 0. The van der Waals surface area contributed by atoms with Gasteiger partial charge >= 0.3 is 0 Å². The molecule has 0 radical (unpaired) electrons. The molecular formula is C12H13ClN2. The van der Waals surface area contributed by atoms with Crippen molar-refractivity contribution in [2.24, 2.45) is 7.05 Å². The third-order valence-electron chi connectivity index (χ3n) is 2.48. The van der Waals surface area contributed by atoms with E-state index >= 15 is 0 Å². The van der Waals surface area contributed by atoms with Crippen molar-refractivity contribution in [2.45, 2.75) is 13.3 Å². The molecule has 78 valence electrons. The summed E-state index contributed by atoms with van der Waals surface area (Å²) in [6.45, 7) is 2.15. The molecular weight excluding hydrogens is 208 g/mol. The lowest BCUT2D eigenvalue weighted by Crippen LogP contribution is -1.89. The van der Waals surface area contributed by atoms with Crippen molar-refractivity contribution in [2.75, 3.05) is 0 Å². The normalized spacial score (nSPS) is 10.6. The van der Waals surface area contributed by atoms with Crippen molar-refractivity contribution in [1.82, 2.24) is 9.78 Å². The predicted molar refractivity (Wildman–Crippen MR) is 63.0 cm³/mol. The van der Waals surface area contributed by atoms with Gasteiger partial charge in [-0.05, 0) is 12.0 Å². The van der Waals surface area contributed by atoms with Gasteiger partial charge < -0.3 is 0 Å². The van der Waals surface area contributed by atoms with Crippen LogP contribution in [0.3, 0.4) is 0 Å². The number of rotatable bonds is 2. The van der Waals surface area contributed by atoms with Crippen molar-refractivity contribution in [3.05, 3.63) is 41.0 Å². The Bertz CT molecular complexity index is 437. The second-order valence-corrected chi connectivity index (χ2v) is 3.91. The first-order valence-corrected chi connectivity index (χ1v) is 5.37. The van der Waals surface area contributed by atoms with Crippen LogP contribution in [0.25, 0.3) is 11.3 Å².